The molecule has 0 saturated carbocycles. The van der Waals surface area contributed by atoms with Crippen molar-refractivity contribution in [2.45, 2.75) is 64.0 Å². The molecule has 50 heavy (non-hydrogen) atoms. The molecule has 0 atom stereocenters. The SMILES string of the molecule is CCN1\C(=C/C=C(C)\C=C\c2n(CCCS(=O)(=O)O)c3cc(C)ccc3[n+]2CC)N(CCCS(=O)(=O)O)c2cc(S(=O)(=O)C(F)(F)F)ccc21. The number of nitrogens with zero attached hydrogens (tertiary/aromatic N) is 4. The first-order chi connectivity index (χ1) is 23.2. The van der Waals surface area contributed by atoms with Crippen LogP contribution in [0.3, 0.4) is 0 Å². The van der Waals surface area contributed by atoms with Crippen LogP contribution in [0.5, 0.6) is 0 Å². The van der Waals surface area contributed by atoms with Crippen LogP contribution in [0.25, 0.3) is 17.1 Å². The molecule has 0 unspecified atom stereocenters. The number of sulfone groups is 1. The summed E-state index contributed by atoms with van der Waals surface area (Å²) in [6, 6.07) is 9.03. The minimum Gasteiger partial charge on any atom is -0.326 e. The molecule has 12 nitrogen and oxygen atoms in total. The number of hydrogen-bond acceptors (Lipinski definition) is 8. The maximum absolute atomic E-state index is 13.4. The first-order valence-corrected chi connectivity index (χ1v) is 20.4. The summed E-state index contributed by atoms with van der Waals surface area (Å²) in [7, 11) is -14.2. The van der Waals surface area contributed by atoms with Gasteiger partial charge in [-0.05, 0) is 76.1 Å². The predicted molar refractivity (Wildman–Crippen MR) is 186 cm³/mol. The van der Waals surface area contributed by atoms with Gasteiger partial charge in [-0.25, -0.2) is 17.6 Å². The van der Waals surface area contributed by atoms with E-state index < -0.39 is 52.0 Å². The average Bonchev–Trinajstić information content (AvgIpc) is 3.47. The predicted octanol–water partition coefficient (Wildman–Crippen LogP) is 5.25. The molecule has 1 aliphatic heterocycles. The van der Waals surface area contributed by atoms with Crippen molar-refractivity contribution in [3.05, 3.63) is 77.4 Å². The molecule has 0 fully saturated rings. The minimum absolute atomic E-state index is 0.0625. The second-order valence-electron chi connectivity index (χ2n) is 11.8. The zero-order valence-electron chi connectivity index (χ0n) is 27.9. The molecule has 1 aliphatic rings. The molecule has 1 aromatic heterocycles. The second kappa shape index (κ2) is 14.9. The Morgan fingerprint density at radius 3 is 2.10 bits per heavy atom. The van der Waals surface area contributed by atoms with E-state index in [1.54, 1.807) is 24.0 Å². The third-order valence-electron chi connectivity index (χ3n) is 8.15. The normalized spacial score (nSPS) is 15.6. The van der Waals surface area contributed by atoms with Gasteiger partial charge in [0, 0.05) is 25.6 Å². The molecule has 0 saturated heterocycles. The molecule has 2 aromatic carbocycles. The number of imidazole rings is 1. The number of halogens is 3. The second-order valence-corrected chi connectivity index (χ2v) is 16.9. The van der Waals surface area contributed by atoms with Crippen molar-refractivity contribution in [2.75, 3.05) is 34.4 Å². The van der Waals surface area contributed by atoms with Gasteiger partial charge < -0.3 is 9.80 Å². The summed E-state index contributed by atoms with van der Waals surface area (Å²) in [5, 5.41) is 0. The number of alkyl halides is 3. The number of allylic oxidation sites excluding steroid dienone is 4. The molecule has 0 radical (unpaired) electrons. The van der Waals surface area contributed by atoms with Crippen molar-refractivity contribution < 1.29 is 52.1 Å². The molecule has 2 N–H and O–H groups in total. The van der Waals surface area contributed by atoms with Crippen LogP contribution < -0.4 is 14.4 Å². The fourth-order valence-electron chi connectivity index (χ4n) is 5.88. The summed E-state index contributed by atoms with van der Waals surface area (Å²) in [5.41, 5.74) is -1.41. The van der Waals surface area contributed by atoms with Crippen molar-refractivity contribution >= 4 is 58.6 Å². The van der Waals surface area contributed by atoms with E-state index in [1.807, 2.05) is 55.7 Å². The van der Waals surface area contributed by atoms with E-state index in [0.717, 1.165) is 40.1 Å². The Balaban J connectivity index is 1.76. The first kappa shape index (κ1) is 39.1. The number of fused-ring (bicyclic) bond motifs is 2. The summed E-state index contributed by atoms with van der Waals surface area (Å²) < 4.78 is 133. The lowest BCUT2D eigenvalue weighted by Gasteiger charge is -2.24. The van der Waals surface area contributed by atoms with Crippen LogP contribution in [0.4, 0.5) is 24.5 Å². The minimum atomic E-state index is -5.67. The fourth-order valence-corrected chi connectivity index (χ4v) is 7.65. The van der Waals surface area contributed by atoms with E-state index in [9.17, 15) is 47.5 Å². The van der Waals surface area contributed by atoms with Crippen LogP contribution in [0.2, 0.25) is 0 Å². The van der Waals surface area contributed by atoms with Crippen LogP contribution >= 0.6 is 0 Å². The molecule has 4 rings (SSSR count). The highest BCUT2D eigenvalue weighted by Crippen LogP contribution is 2.44. The Hall–Kier alpha value is -3.71. The molecule has 3 aromatic rings. The van der Waals surface area contributed by atoms with E-state index in [0.29, 0.717) is 31.1 Å². The molecular weight excluding hydrogens is 722 g/mol. The molecule has 18 heteroatoms. The van der Waals surface area contributed by atoms with Gasteiger partial charge in [-0.2, -0.15) is 30.0 Å². The van der Waals surface area contributed by atoms with E-state index in [4.69, 9.17) is 0 Å². The lowest BCUT2D eigenvalue weighted by Crippen LogP contribution is -2.35. The standard InChI is InChI=1S/C32H39F3N4O8S3/c1-5-36-26-13-9-24(4)21-28(26)38(17-7-19-48(40,41)42)30(36)15-10-23(3)11-16-31-37(6-2)27-14-12-25(50(46,47)32(33,34)35)22-29(27)39(31)18-8-20-49(43,44)45/h9-16,21-22H,5-8,17-20H2,1-4H3,(H-,40,41,42,43,44,45)/p+1. The number of aryl methyl sites for hydroxylation is 3. The van der Waals surface area contributed by atoms with Crippen molar-refractivity contribution in [1.29, 1.82) is 0 Å². The molecule has 0 bridgehead atoms. The summed E-state index contributed by atoms with van der Waals surface area (Å²) in [6.07, 6.45) is 7.20. The highest BCUT2D eigenvalue weighted by atomic mass is 32.2. The van der Waals surface area contributed by atoms with E-state index in [2.05, 4.69) is 4.57 Å². The van der Waals surface area contributed by atoms with Crippen LogP contribution in [-0.4, -0.2) is 69.0 Å². The molecular formula is C32H40F3N4O8S3+. The smallest absolute Gasteiger partial charge is 0.326 e. The Morgan fingerprint density at radius 2 is 1.52 bits per heavy atom. The van der Waals surface area contributed by atoms with E-state index in [1.165, 1.54) is 11.0 Å². The van der Waals surface area contributed by atoms with Gasteiger partial charge in [0.05, 0.1) is 40.9 Å². The van der Waals surface area contributed by atoms with Crippen molar-refractivity contribution in [3.8, 4) is 0 Å². The average molecular weight is 762 g/mol. The monoisotopic (exact) mass is 761 g/mol. The lowest BCUT2D eigenvalue weighted by molar-refractivity contribution is -0.670. The Kier molecular flexibility index (Phi) is 11.6. The summed E-state index contributed by atoms with van der Waals surface area (Å²) in [6.45, 7) is 8.72. The zero-order valence-corrected chi connectivity index (χ0v) is 30.4. The summed E-state index contributed by atoms with van der Waals surface area (Å²) in [4.78, 5) is 2.32. The summed E-state index contributed by atoms with van der Waals surface area (Å²) >= 11 is 0. The quantitative estimate of drug-likeness (QED) is 0.126. The molecule has 0 spiro atoms. The van der Waals surface area contributed by atoms with E-state index in [-0.39, 0.29) is 25.1 Å². The molecule has 2 heterocycles. The molecule has 0 aliphatic carbocycles. The van der Waals surface area contributed by atoms with E-state index >= 15 is 0 Å². The van der Waals surface area contributed by atoms with Crippen LogP contribution in [0.15, 0.2) is 70.9 Å². The number of benzene rings is 2. The van der Waals surface area contributed by atoms with Crippen molar-refractivity contribution in [3.63, 3.8) is 0 Å². The Bertz CT molecular complexity index is 2190. The highest BCUT2D eigenvalue weighted by Gasteiger charge is 2.47. The number of hydrogen-bond donors (Lipinski definition) is 2. The van der Waals surface area contributed by atoms with Crippen LogP contribution in [0.1, 0.15) is 45.0 Å². The fraction of sp³-hybridized carbons (Fsp3) is 0.406. The number of rotatable bonds is 14. The van der Waals surface area contributed by atoms with Gasteiger partial charge in [0.2, 0.25) is 0 Å². The van der Waals surface area contributed by atoms with Gasteiger partial charge >= 0.3 is 5.51 Å². The Labute approximate surface area is 290 Å². The van der Waals surface area contributed by atoms with Crippen LogP contribution in [0, 0.1) is 6.92 Å². The third-order valence-corrected chi connectivity index (χ3v) is 11.2. The summed E-state index contributed by atoms with van der Waals surface area (Å²) in [5.74, 6) is 0.204. The zero-order chi connectivity index (χ0) is 37.2. The maximum Gasteiger partial charge on any atom is 0.501 e. The van der Waals surface area contributed by atoms with Gasteiger partial charge in [0.25, 0.3) is 35.9 Å². The third kappa shape index (κ3) is 8.77. The Morgan fingerprint density at radius 1 is 0.880 bits per heavy atom. The van der Waals surface area contributed by atoms with Gasteiger partial charge in [0.1, 0.15) is 5.82 Å². The molecule has 274 valence electrons. The highest BCUT2D eigenvalue weighted by molar-refractivity contribution is 7.92. The number of anilines is 2. The maximum atomic E-state index is 13.4. The van der Waals surface area contributed by atoms with Gasteiger partial charge in [-0.3, -0.25) is 9.11 Å². The van der Waals surface area contributed by atoms with Crippen molar-refractivity contribution in [2.24, 2.45) is 0 Å². The van der Waals surface area contributed by atoms with Crippen LogP contribution in [-0.2, 0) is 43.2 Å². The topological polar surface area (TPSA) is 158 Å². The van der Waals surface area contributed by atoms with Gasteiger partial charge in [-0.1, -0.05) is 23.8 Å². The largest absolute Gasteiger partial charge is 0.501 e. The van der Waals surface area contributed by atoms with Crippen molar-refractivity contribution in [1.82, 2.24) is 4.57 Å². The first-order valence-electron chi connectivity index (χ1n) is 15.7. The van der Waals surface area contributed by atoms with Gasteiger partial charge in [-0.15, -0.1) is 0 Å². The van der Waals surface area contributed by atoms with Gasteiger partial charge in [0.15, 0.2) is 11.0 Å². The number of aromatic nitrogens is 2. The molecule has 0 amide bonds. The lowest BCUT2D eigenvalue weighted by atomic mass is 10.2.